The maximum absolute atomic E-state index is 13.9. The van der Waals surface area contributed by atoms with E-state index in [-0.39, 0.29) is 27.1 Å². The summed E-state index contributed by atoms with van der Waals surface area (Å²) in [5.74, 6) is -1.58. The van der Waals surface area contributed by atoms with Crippen LogP contribution in [0, 0.1) is 5.82 Å². The summed E-state index contributed by atoms with van der Waals surface area (Å²) in [4.78, 5) is 16.2. The highest BCUT2D eigenvalue weighted by molar-refractivity contribution is 7.90. The van der Waals surface area contributed by atoms with E-state index in [2.05, 4.69) is 10.1 Å². The van der Waals surface area contributed by atoms with Gasteiger partial charge in [-0.3, -0.25) is 9.20 Å². The van der Waals surface area contributed by atoms with Gasteiger partial charge in [0.1, 0.15) is 22.0 Å². The van der Waals surface area contributed by atoms with Crippen molar-refractivity contribution in [3.63, 3.8) is 0 Å². The monoisotopic (exact) mass is 453 g/mol. The molecule has 0 aliphatic heterocycles. The first-order chi connectivity index (χ1) is 13.8. The van der Waals surface area contributed by atoms with Crippen molar-refractivity contribution < 1.29 is 17.6 Å². The highest BCUT2D eigenvalue weighted by Crippen LogP contribution is 2.21. The smallest absolute Gasteiger partial charge is 0.285 e. The van der Waals surface area contributed by atoms with Crippen LogP contribution >= 0.6 is 23.2 Å². The van der Waals surface area contributed by atoms with E-state index >= 15 is 0 Å². The van der Waals surface area contributed by atoms with Crippen molar-refractivity contribution in [3.8, 4) is 5.69 Å². The van der Waals surface area contributed by atoms with Gasteiger partial charge in [-0.2, -0.15) is 5.10 Å². The molecular formula is C17H10Cl2FN5O3S. The van der Waals surface area contributed by atoms with E-state index in [1.54, 1.807) is 6.07 Å². The third-order valence-corrected chi connectivity index (χ3v) is 5.74. The fourth-order valence-corrected chi connectivity index (χ4v) is 3.94. The Labute approximate surface area is 173 Å². The molecule has 1 amide bonds. The molecule has 4 aromatic rings. The molecule has 3 heterocycles. The Kier molecular flexibility index (Phi) is 4.77. The molecule has 1 aromatic carbocycles. The first kappa shape index (κ1) is 19.4. The molecule has 0 saturated carbocycles. The molecule has 0 aliphatic carbocycles. The van der Waals surface area contributed by atoms with Gasteiger partial charge in [-0.25, -0.2) is 27.2 Å². The van der Waals surface area contributed by atoms with Crippen molar-refractivity contribution in [2.24, 2.45) is 0 Å². The van der Waals surface area contributed by atoms with Crippen LogP contribution in [0.2, 0.25) is 10.2 Å². The summed E-state index contributed by atoms with van der Waals surface area (Å²) in [6, 6.07) is 8.68. The van der Waals surface area contributed by atoms with Crippen LogP contribution in [-0.4, -0.2) is 33.5 Å². The minimum absolute atomic E-state index is 0.0574. The van der Waals surface area contributed by atoms with Crippen molar-refractivity contribution in [1.29, 1.82) is 0 Å². The number of hydrogen-bond acceptors (Lipinski definition) is 5. The van der Waals surface area contributed by atoms with Gasteiger partial charge in [0.25, 0.3) is 15.9 Å². The van der Waals surface area contributed by atoms with Gasteiger partial charge < -0.3 is 0 Å². The van der Waals surface area contributed by atoms with Crippen LogP contribution in [0.4, 0.5) is 4.39 Å². The summed E-state index contributed by atoms with van der Waals surface area (Å²) in [5.41, 5.74) is 0.155. The van der Waals surface area contributed by atoms with Gasteiger partial charge in [-0.05, 0) is 18.2 Å². The van der Waals surface area contributed by atoms with Gasteiger partial charge in [0, 0.05) is 17.3 Å². The number of rotatable bonds is 4. The topological polar surface area (TPSA) is 98.4 Å². The Bertz CT molecular complexity index is 1370. The van der Waals surface area contributed by atoms with Crippen molar-refractivity contribution in [2.75, 3.05) is 0 Å². The van der Waals surface area contributed by atoms with Crippen LogP contribution in [0.3, 0.4) is 0 Å². The number of nitrogens with zero attached hydrogens (tertiary/aromatic N) is 4. The fourth-order valence-electron chi connectivity index (χ4n) is 2.64. The maximum atomic E-state index is 13.9. The predicted octanol–water partition coefficient (Wildman–Crippen LogP) is 3.08. The van der Waals surface area contributed by atoms with Crippen LogP contribution < -0.4 is 4.72 Å². The lowest BCUT2D eigenvalue weighted by atomic mass is 10.3. The Morgan fingerprint density at radius 3 is 2.69 bits per heavy atom. The van der Waals surface area contributed by atoms with E-state index in [9.17, 15) is 17.6 Å². The van der Waals surface area contributed by atoms with E-state index in [1.807, 2.05) is 4.72 Å². The zero-order valence-corrected chi connectivity index (χ0v) is 16.6. The molecule has 29 heavy (non-hydrogen) atoms. The molecule has 8 nitrogen and oxygen atoms in total. The quantitative estimate of drug-likeness (QED) is 0.511. The SMILES string of the molecule is O=C(NS(=O)(=O)c1cnn(-c2ccccc2F)c1)c1c(Cl)nc2cc(Cl)ccn12. The van der Waals surface area contributed by atoms with Crippen LogP contribution in [0.1, 0.15) is 10.5 Å². The highest BCUT2D eigenvalue weighted by Gasteiger charge is 2.25. The van der Waals surface area contributed by atoms with Gasteiger partial charge >= 0.3 is 0 Å². The molecule has 148 valence electrons. The number of hydrogen-bond donors (Lipinski definition) is 1. The number of benzene rings is 1. The van der Waals surface area contributed by atoms with E-state index in [0.717, 1.165) is 17.1 Å². The van der Waals surface area contributed by atoms with E-state index in [4.69, 9.17) is 23.2 Å². The summed E-state index contributed by atoms with van der Waals surface area (Å²) in [5, 5.41) is 4.03. The Morgan fingerprint density at radius 2 is 1.93 bits per heavy atom. The maximum Gasteiger partial charge on any atom is 0.285 e. The summed E-state index contributed by atoms with van der Waals surface area (Å²) < 4.78 is 43.3. The minimum Gasteiger partial charge on any atom is -0.294 e. The molecule has 0 bridgehead atoms. The van der Waals surface area contributed by atoms with Gasteiger partial charge in [-0.1, -0.05) is 35.3 Å². The third kappa shape index (κ3) is 3.57. The first-order valence-electron chi connectivity index (χ1n) is 7.96. The zero-order valence-electron chi connectivity index (χ0n) is 14.3. The number of aromatic nitrogens is 4. The number of halogens is 3. The van der Waals surface area contributed by atoms with E-state index < -0.39 is 21.7 Å². The van der Waals surface area contributed by atoms with Crippen molar-refractivity contribution in [2.45, 2.75) is 4.90 Å². The molecule has 0 spiro atoms. The molecule has 3 aromatic heterocycles. The second kappa shape index (κ2) is 7.14. The Hall–Kier alpha value is -2.95. The van der Waals surface area contributed by atoms with Crippen molar-refractivity contribution in [1.82, 2.24) is 23.9 Å². The van der Waals surface area contributed by atoms with Gasteiger partial charge in [0.15, 0.2) is 10.8 Å². The average molecular weight is 454 g/mol. The summed E-state index contributed by atoms with van der Waals surface area (Å²) in [7, 11) is -4.31. The highest BCUT2D eigenvalue weighted by atomic mass is 35.5. The molecule has 0 atom stereocenters. The Balaban J connectivity index is 1.66. The molecule has 12 heteroatoms. The first-order valence-corrected chi connectivity index (χ1v) is 10.2. The van der Waals surface area contributed by atoms with E-state index in [1.165, 1.54) is 40.9 Å². The van der Waals surface area contributed by atoms with Crippen LogP contribution in [-0.2, 0) is 10.0 Å². The number of para-hydroxylation sites is 1. The Morgan fingerprint density at radius 1 is 1.17 bits per heavy atom. The molecule has 0 aliphatic rings. The van der Waals surface area contributed by atoms with Crippen molar-refractivity contribution >= 4 is 44.8 Å². The number of sulfonamides is 1. The number of nitrogens with one attached hydrogen (secondary N) is 1. The molecule has 0 radical (unpaired) electrons. The number of imidazole rings is 1. The van der Waals surface area contributed by atoms with Crippen LogP contribution in [0.5, 0.6) is 0 Å². The molecule has 0 saturated heterocycles. The largest absolute Gasteiger partial charge is 0.294 e. The molecule has 4 rings (SSSR count). The number of pyridine rings is 1. The second-order valence-electron chi connectivity index (χ2n) is 5.83. The molecule has 1 N–H and O–H groups in total. The van der Waals surface area contributed by atoms with Gasteiger partial charge in [0.05, 0.1) is 12.4 Å². The standard InChI is InChI=1S/C17H10Cl2FN5O3S/c18-10-5-6-24-14(7-10)22-16(19)15(24)17(26)23-29(27,28)11-8-21-25(9-11)13-4-2-1-3-12(13)20/h1-9H,(H,23,26). The normalized spacial score (nSPS) is 11.7. The fraction of sp³-hybridized carbons (Fsp3) is 0. The predicted molar refractivity (Wildman–Crippen MR) is 103 cm³/mol. The second-order valence-corrected chi connectivity index (χ2v) is 8.31. The number of fused-ring (bicyclic) bond motifs is 1. The molecule has 0 fully saturated rings. The van der Waals surface area contributed by atoms with Crippen LogP contribution in [0.25, 0.3) is 11.3 Å². The number of carbonyl (C=O) groups is 1. The minimum atomic E-state index is -4.31. The van der Waals surface area contributed by atoms with Gasteiger partial charge in [-0.15, -0.1) is 0 Å². The molecular weight excluding hydrogens is 444 g/mol. The number of carbonyl (C=O) groups excluding carboxylic acids is 1. The van der Waals surface area contributed by atoms with Crippen LogP contribution in [0.15, 0.2) is 59.9 Å². The lowest BCUT2D eigenvalue weighted by Crippen LogP contribution is -2.31. The average Bonchev–Trinajstić information content (AvgIpc) is 3.26. The van der Waals surface area contributed by atoms with Crippen molar-refractivity contribution in [3.05, 3.63) is 76.7 Å². The zero-order chi connectivity index (χ0) is 20.8. The van der Waals surface area contributed by atoms with Gasteiger partial charge in [0.2, 0.25) is 0 Å². The lowest BCUT2D eigenvalue weighted by Gasteiger charge is -2.06. The lowest BCUT2D eigenvalue weighted by molar-refractivity contribution is 0.0976. The summed E-state index contributed by atoms with van der Waals surface area (Å²) in [6.07, 6.45) is 3.52. The third-order valence-electron chi connectivity index (χ3n) is 3.96. The summed E-state index contributed by atoms with van der Waals surface area (Å²) >= 11 is 11.9. The summed E-state index contributed by atoms with van der Waals surface area (Å²) in [6.45, 7) is 0. The van der Waals surface area contributed by atoms with E-state index in [0.29, 0.717) is 5.02 Å². The number of amides is 1. The molecule has 0 unspecified atom stereocenters.